The molecule has 1 fully saturated rings. The van der Waals surface area contributed by atoms with Gasteiger partial charge in [-0.15, -0.1) is 0 Å². The molecule has 21 heavy (non-hydrogen) atoms. The van der Waals surface area contributed by atoms with Crippen molar-refractivity contribution in [3.05, 3.63) is 29.8 Å². The molecule has 0 atom stereocenters. The third-order valence-corrected chi connectivity index (χ3v) is 5.72. The zero-order chi connectivity index (χ0) is 15.3. The van der Waals surface area contributed by atoms with Gasteiger partial charge >= 0.3 is 0 Å². The Morgan fingerprint density at radius 3 is 2.33 bits per heavy atom. The molecule has 1 aromatic carbocycles. The van der Waals surface area contributed by atoms with E-state index in [1.807, 2.05) is 12.1 Å². The first-order valence-electron chi connectivity index (χ1n) is 7.66. The summed E-state index contributed by atoms with van der Waals surface area (Å²) < 4.78 is 22.8. The van der Waals surface area contributed by atoms with E-state index in [1.54, 1.807) is 12.1 Å². The Bertz CT molecular complexity index is 546. The minimum atomic E-state index is -3.10. The molecule has 0 bridgehead atoms. The number of nitrogens with one attached hydrogen (secondary N) is 2. The van der Waals surface area contributed by atoms with E-state index in [9.17, 15) is 8.42 Å². The largest absolute Gasteiger partial charge is 0.317 e. The van der Waals surface area contributed by atoms with Crippen molar-refractivity contribution in [3.63, 3.8) is 0 Å². The van der Waals surface area contributed by atoms with Crippen molar-refractivity contribution in [3.8, 4) is 0 Å². The Labute approximate surface area is 128 Å². The zero-order valence-electron chi connectivity index (χ0n) is 13.0. The van der Waals surface area contributed by atoms with Crippen LogP contribution in [0, 0.1) is 5.41 Å². The molecule has 0 aromatic heterocycles. The first kappa shape index (κ1) is 16.5. The maximum atomic E-state index is 11.4. The number of rotatable bonds is 6. The molecule has 2 N–H and O–H groups in total. The third-order valence-electron chi connectivity index (χ3n) is 4.59. The van der Waals surface area contributed by atoms with Crippen molar-refractivity contribution < 1.29 is 8.42 Å². The van der Waals surface area contributed by atoms with Crippen molar-refractivity contribution in [2.75, 3.05) is 25.9 Å². The lowest BCUT2D eigenvalue weighted by atomic mass is 9.76. The number of benzene rings is 1. The fourth-order valence-corrected chi connectivity index (χ4v) is 3.57. The molecule has 0 saturated carbocycles. The van der Waals surface area contributed by atoms with Gasteiger partial charge in [0.15, 0.2) is 9.84 Å². The molecule has 0 unspecified atom stereocenters. The van der Waals surface area contributed by atoms with E-state index in [1.165, 1.54) is 25.5 Å². The lowest BCUT2D eigenvalue weighted by molar-refractivity contribution is 0.185. The van der Waals surface area contributed by atoms with Crippen LogP contribution in [-0.2, 0) is 16.4 Å². The van der Waals surface area contributed by atoms with Gasteiger partial charge in [-0.2, -0.15) is 0 Å². The zero-order valence-corrected chi connectivity index (χ0v) is 13.8. The van der Waals surface area contributed by atoms with E-state index in [4.69, 9.17) is 0 Å². The molecule has 1 heterocycles. The molecule has 0 radical (unpaired) electrons. The minimum Gasteiger partial charge on any atom is -0.317 e. The topological polar surface area (TPSA) is 58.2 Å². The van der Waals surface area contributed by atoms with Crippen molar-refractivity contribution >= 4 is 9.84 Å². The lowest BCUT2D eigenvalue weighted by Crippen LogP contribution is -2.42. The van der Waals surface area contributed by atoms with Gasteiger partial charge in [0.25, 0.3) is 0 Å². The van der Waals surface area contributed by atoms with Gasteiger partial charge in [0, 0.05) is 19.3 Å². The fraction of sp³-hybridized carbons (Fsp3) is 0.625. The summed E-state index contributed by atoms with van der Waals surface area (Å²) in [6, 6.07) is 7.16. The van der Waals surface area contributed by atoms with Crippen molar-refractivity contribution in [1.29, 1.82) is 0 Å². The Hall–Kier alpha value is -0.910. The molecule has 0 amide bonds. The first-order valence-corrected chi connectivity index (χ1v) is 9.55. The van der Waals surface area contributed by atoms with Gasteiger partial charge in [0.2, 0.25) is 0 Å². The van der Waals surface area contributed by atoms with E-state index in [0.717, 1.165) is 31.7 Å². The Kier molecular flexibility index (Phi) is 5.41. The van der Waals surface area contributed by atoms with Crippen LogP contribution in [0.2, 0.25) is 0 Å². The maximum absolute atomic E-state index is 11.4. The summed E-state index contributed by atoms with van der Waals surface area (Å²) in [6.07, 6.45) is 4.89. The predicted octanol–water partition coefficient (Wildman–Crippen LogP) is 1.96. The summed E-state index contributed by atoms with van der Waals surface area (Å²) in [5.41, 5.74) is 1.54. The van der Waals surface area contributed by atoms with Crippen LogP contribution in [-0.4, -0.2) is 34.3 Å². The highest BCUT2D eigenvalue weighted by Crippen LogP contribution is 2.31. The molecule has 5 heteroatoms. The van der Waals surface area contributed by atoms with Crippen LogP contribution >= 0.6 is 0 Å². The molecule has 118 valence electrons. The van der Waals surface area contributed by atoms with E-state index in [-0.39, 0.29) is 0 Å². The second-order valence-corrected chi connectivity index (χ2v) is 8.14. The van der Waals surface area contributed by atoms with Gasteiger partial charge in [-0.05, 0) is 55.5 Å². The summed E-state index contributed by atoms with van der Waals surface area (Å²) in [5.74, 6) is 0. The molecule has 0 aliphatic carbocycles. The molecule has 1 aliphatic rings. The fourth-order valence-electron chi connectivity index (χ4n) is 2.94. The maximum Gasteiger partial charge on any atom is 0.175 e. The van der Waals surface area contributed by atoms with Crippen LogP contribution in [0.25, 0.3) is 0 Å². The quantitative estimate of drug-likeness (QED) is 0.843. The Morgan fingerprint density at radius 2 is 1.81 bits per heavy atom. The van der Waals surface area contributed by atoms with Crippen LogP contribution in [0.4, 0.5) is 0 Å². The smallest absolute Gasteiger partial charge is 0.175 e. The highest BCUT2D eigenvalue weighted by molar-refractivity contribution is 7.90. The molecule has 0 spiro atoms. The van der Waals surface area contributed by atoms with E-state index >= 15 is 0 Å². The summed E-state index contributed by atoms with van der Waals surface area (Å²) in [5, 5.41) is 6.96. The average molecular weight is 310 g/mol. The predicted molar refractivity (Wildman–Crippen MR) is 86.1 cm³/mol. The van der Waals surface area contributed by atoms with Crippen LogP contribution in [0.3, 0.4) is 0 Å². The van der Waals surface area contributed by atoms with Crippen molar-refractivity contribution in [2.24, 2.45) is 5.41 Å². The molecule has 1 aliphatic heterocycles. The van der Waals surface area contributed by atoms with Crippen LogP contribution in [0.15, 0.2) is 29.2 Å². The molecular formula is C16H26N2O2S. The Balaban J connectivity index is 1.88. The highest BCUT2D eigenvalue weighted by Gasteiger charge is 2.29. The van der Waals surface area contributed by atoms with Gasteiger partial charge in [0.05, 0.1) is 4.90 Å². The molecule has 1 saturated heterocycles. The average Bonchev–Trinajstić information content (AvgIpc) is 2.48. The number of sulfone groups is 1. The van der Waals surface area contributed by atoms with Crippen LogP contribution < -0.4 is 10.6 Å². The van der Waals surface area contributed by atoms with E-state index < -0.39 is 9.84 Å². The number of hydrogen-bond donors (Lipinski definition) is 2. The van der Waals surface area contributed by atoms with Gasteiger partial charge in [-0.3, -0.25) is 0 Å². The molecule has 2 rings (SSSR count). The summed E-state index contributed by atoms with van der Waals surface area (Å²) >= 11 is 0. The summed E-state index contributed by atoms with van der Waals surface area (Å²) in [6.45, 7) is 6.31. The first-order chi connectivity index (χ1) is 9.95. The van der Waals surface area contributed by atoms with Crippen LogP contribution in [0.5, 0.6) is 0 Å². The third kappa shape index (κ3) is 4.53. The summed E-state index contributed by atoms with van der Waals surface area (Å²) in [7, 11) is -3.10. The van der Waals surface area contributed by atoms with Crippen LogP contribution in [0.1, 0.15) is 31.7 Å². The minimum absolute atomic E-state index is 0.384. The SMILES string of the molecule is CCC1(CNCc2ccc(S(C)(=O)=O)cc2)CCNCC1. The van der Waals surface area contributed by atoms with Gasteiger partial charge in [0.1, 0.15) is 0 Å². The lowest BCUT2D eigenvalue weighted by Gasteiger charge is -2.37. The standard InChI is InChI=1S/C16H26N2O2S/c1-3-16(8-10-17-11-9-16)13-18-12-14-4-6-15(7-5-14)21(2,19)20/h4-7,17-18H,3,8-13H2,1-2H3. The van der Waals surface area contributed by atoms with Crippen molar-refractivity contribution in [2.45, 2.75) is 37.6 Å². The summed E-state index contributed by atoms with van der Waals surface area (Å²) in [4.78, 5) is 0.384. The molecular weight excluding hydrogens is 284 g/mol. The normalized spacial score (nSPS) is 18.6. The monoisotopic (exact) mass is 310 g/mol. The van der Waals surface area contributed by atoms with Gasteiger partial charge < -0.3 is 10.6 Å². The molecule has 4 nitrogen and oxygen atoms in total. The second-order valence-electron chi connectivity index (χ2n) is 6.12. The van der Waals surface area contributed by atoms with E-state index in [2.05, 4.69) is 17.6 Å². The second kappa shape index (κ2) is 6.90. The van der Waals surface area contributed by atoms with Gasteiger partial charge in [-0.1, -0.05) is 19.1 Å². The number of piperidine rings is 1. The number of hydrogen-bond acceptors (Lipinski definition) is 4. The van der Waals surface area contributed by atoms with E-state index in [0.29, 0.717) is 10.3 Å². The van der Waals surface area contributed by atoms with Crippen molar-refractivity contribution in [1.82, 2.24) is 10.6 Å². The van der Waals surface area contributed by atoms with Gasteiger partial charge in [-0.25, -0.2) is 8.42 Å². The highest BCUT2D eigenvalue weighted by atomic mass is 32.2. The molecule has 1 aromatic rings. The Morgan fingerprint density at radius 1 is 1.19 bits per heavy atom.